The average molecular weight is 583 g/mol. The largest absolute Gasteiger partial charge is 0.371 e. The quantitative estimate of drug-likeness (QED) is 0.313. The first kappa shape index (κ1) is 29.9. The van der Waals surface area contributed by atoms with Crippen molar-refractivity contribution >= 4 is 38.9 Å². The maximum absolute atomic E-state index is 13.6. The molecule has 40 heavy (non-hydrogen) atoms. The van der Waals surface area contributed by atoms with Crippen molar-refractivity contribution in [2.24, 2.45) is 5.92 Å². The summed E-state index contributed by atoms with van der Waals surface area (Å²) < 4.78 is 28.5. The van der Waals surface area contributed by atoms with Crippen molar-refractivity contribution in [2.45, 2.75) is 57.3 Å². The summed E-state index contributed by atoms with van der Waals surface area (Å²) >= 11 is 6.21. The van der Waals surface area contributed by atoms with Gasteiger partial charge in [0.15, 0.2) is 0 Å². The Labute approximate surface area is 243 Å². The van der Waals surface area contributed by atoms with Gasteiger partial charge < -0.3 is 10.2 Å². The van der Waals surface area contributed by atoms with Crippen LogP contribution in [-0.4, -0.2) is 46.0 Å². The number of halogens is 1. The first-order valence-corrected chi connectivity index (χ1v) is 15.7. The second-order valence-electron chi connectivity index (χ2n) is 10.8. The van der Waals surface area contributed by atoms with Crippen molar-refractivity contribution in [1.82, 2.24) is 10.3 Å². The first-order valence-electron chi connectivity index (χ1n) is 13.8. The van der Waals surface area contributed by atoms with Gasteiger partial charge in [-0.3, -0.25) is 14.1 Å². The standard InChI is InChI=1S/C31H39ClN4O3S/c1-22(21-31(37)34-16-9-25-12-17-36(18-13-25)26-10-14-33-15-11-26)27-7-5-6-8-29(27)35(4)40(38,39)30-20-23(2)28(32)19-24(30)3/h5-8,10-11,14-15,19-20,22,25H,9,12-13,16-18,21H2,1-4H3,(H,34,37). The molecule has 0 spiro atoms. The van der Waals surface area contributed by atoms with Crippen LogP contribution >= 0.6 is 11.6 Å². The van der Waals surface area contributed by atoms with E-state index < -0.39 is 10.0 Å². The van der Waals surface area contributed by atoms with Crippen LogP contribution in [-0.2, 0) is 14.8 Å². The Hall–Kier alpha value is -3.10. The molecule has 1 saturated heterocycles. The smallest absolute Gasteiger partial charge is 0.264 e. The van der Waals surface area contributed by atoms with Gasteiger partial charge in [0, 0.05) is 56.2 Å². The topological polar surface area (TPSA) is 82.6 Å². The predicted molar refractivity (Wildman–Crippen MR) is 163 cm³/mol. The summed E-state index contributed by atoms with van der Waals surface area (Å²) in [5.74, 6) is 0.409. The van der Waals surface area contributed by atoms with Crippen molar-refractivity contribution in [3.05, 3.63) is 82.6 Å². The molecule has 0 bridgehead atoms. The Kier molecular flexibility index (Phi) is 9.74. The number of nitrogens with one attached hydrogen (secondary N) is 1. The minimum absolute atomic E-state index is 0.0220. The minimum atomic E-state index is -3.83. The van der Waals surface area contributed by atoms with Crippen molar-refractivity contribution in [3.8, 4) is 0 Å². The molecule has 1 N–H and O–H groups in total. The van der Waals surface area contributed by atoms with Gasteiger partial charge in [-0.15, -0.1) is 0 Å². The van der Waals surface area contributed by atoms with Crippen LogP contribution < -0.4 is 14.5 Å². The lowest BCUT2D eigenvalue weighted by atomic mass is 9.93. The molecule has 1 fully saturated rings. The molecule has 9 heteroatoms. The molecule has 7 nitrogen and oxygen atoms in total. The number of aromatic nitrogens is 1. The molecule has 2 aromatic carbocycles. The fraction of sp³-hybridized carbons (Fsp3) is 0.419. The van der Waals surface area contributed by atoms with E-state index >= 15 is 0 Å². The third-order valence-electron chi connectivity index (χ3n) is 7.91. The molecule has 1 aromatic heterocycles. The number of carbonyl (C=O) groups is 1. The van der Waals surface area contributed by atoms with E-state index in [0.717, 1.165) is 37.9 Å². The number of amides is 1. The number of pyridine rings is 1. The Balaban J connectivity index is 1.33. The maximum Gasteiger partial charge on any atom is 0.264 e. The average Bonchev–Trinajstić information content (AvgIpc) is 2.95. The Morgan fingerprint density at radius 3 is 2.48 bits per heavy atom. The second-order valence-corrected chi connectivity index (χ2v) is 13.1. The molecule has 0 saturated carbocycles. The number of sulfonamides is 1. The molecule has 3 aromatic rings. The number of anilines is 2. The monoisotopic (exact) mass is 582 g/mol. The molecule has 1 atom stereocenters. The highest BCUT2D eigenvalue weighted by Gasteiger charge is 2.27. The van der Waals surface area contributed by atoms with E-state index in [2.05, 4.69) is 15.2 Å². The van der Waals surface area contributed by atoms with Gasteiger partial charge in [0.25, 0.3) is 10.0 Å². The zero-order valence-electron chi connectivity index (χ0n) is 23.7. The number of hydrogen-bond acceptors (Lipinski definition) is 5. The van der Waals surface area contributed by atoms with Gasteiger partial charge in [-0.05, 0) is 92.0 Å². The molecule has 4 rings (SSSR count). The maximum atomic E-state index is 13.6. The van der Waals surface area contributed by atoms with Gasteiger partial charge in [0.05, 0.1) is 10.6 Å². The van der Waals surface area contributed by atoms with Crippen molar-refractivity contribution in [3.63, 3.8) is 0 Å². The molecular formula is C31H39ClN4O3S. The van der Waals surface area contributed by atoms with E-state index in [4.69, 9.17) is 11.6 Å². The van der Waals surface area contributed by atoms with E-state index in [1.54, 1.807) is 39.1 Å². The zero-order valence-corrected chi connectivity index (χ0v) is 25.3. The van der Waals surface area contributed by atoms with Crippen LogP contribution in [0.1, 0.15) is 55.2 Å². The SMILES string of the molecule is Cc1cc(S(=O)(=O)N(C)c2ccccc2C(C)CC(=O)NCCC2CCN(c3ccncc3)CC2)c(C)cc1Cl. The van der Waals surface area contributed by atoms with Crippen LogP contribution in [0.15, 0.2) is 65.8 Å². The first-order chi connectivity index (χ1) is 19.1. The number of carbonyl (C=O) groups excluding carboxylic acids is 1. The normalized spacial score (nSPS) is 15.1. The molecule has 1 aliphatic heterocycles. The number of aryl methyl sites for hydroxylation is 2. The summed E-state index contributed by atoms with van der Waals surface area (Å²) in [5, 5.41) is 3.63. The highest BCUT2D eigenvalue weighted by atomic mass is 35.5. The second kappa shape index (κ2) is 13.0. The molecule has 214 valence electrons. The zero-order chi connectivity index (χ0) is 28.9. The van der Waals surface area contributed by atoms with Gasteiger partial charge in [-0.2, -0.15) is 0 Å². The summed E-state index contributed by atoms with van der Waals surface area (Å²) in [7, 11) is -2.27. The molecule has 0 radical (unpaired) electrons. The molecular weight excluding hydrogens is 544 g/mol. The molecule has 0 aliphatic carbocycles. The van der Waals surface area contributed by atoms with E-state index in [-0.39, 0.29) is 23.1 Å². The van der Waals surface area contributed by atoms with Crippen molar-refractivity contribution in [2.75, 3.05) is 35.9 Å². The summed E-state index contributed by atoms with van der Waals surface area (Å²) in [6.07, 6.45) is 7.11. The molecule has 1 unspecified atom stereocenters. The fourth-order valence-electron chi connectivity index (χ4n) is 5.41. The summed E-state index contributed by atoms with van der Waals surface area (Å²) in [5.41, 5.74) is 3.89. The lowest BCUT2D eigenvalue weighted by Gasteiger charge is -2.33. The van der Waals surface area contributed by atoms with E-state index in [9.17, 15) is 13.2 Å². The van der Waals surface area contributed by atoms with E-state index in [1.807, 2.05) is 49.6 Å². The highest BCUT2D eigenvalue weighted by Crippen LogP contribution is 2.34. The van der Waals surface area contributed by atoms with Crippen LogP contribution in [0, 0.1) is 19.8 Å². The molecule has 1 aliphatic rings. The number of hydrogen-bond donors (Lipinski definition) is 1. The minimum Gasteiger partial charge on any atom is -0.371 e. The fourth-order valence-corrected chi connectivity index (χ4v) is 7.14. The number of nitrogens with zero attached hydrogens (tertiary/aromatic N) is 3. The number of benzene rings is 2. The van der Waals surface area contributed by atoms with Crippen LogP contribution in [0.5, 0.6) is 0 Å². The van der Waals surface area contributed by atoms with Crippen LogP contribution in [0.2, 0.25) is 5.02 Å². The number of rotatable bonds is 10. The lowest BCUT2D eigenvalue weighted by molar-refractivity contribution is -0.121. The third-order valence-corrected chi connectivity index (χ3v) is 10.2. The van der Waals surface area contributed by atoms with Crippen LogP contribution in [0.3, 0.4) is 0 Å². The van der Waals surface area contributed by atoms with E-state index in [1.165, 1.54) is 9.99 Å². The summed E-state index contributed by atoms with van der Waals surface area (Å²) in [6, 6.07) is 14.8. The third kappa shape index (κ3) is 6.96. The van der Waals surface area contributed by atoms with Gasteiger partial charge >= 0.3 is 0 Å². The van der Waals surface area contributed by atoms with Crippen molar-refractivity contribution in [1.29, 1.82) is 0 Å². The van der Waals surface area contributed by atoms with Gasteiger partial charge in [0.1, 0.15) is 0 Å². The van der Waals surface area contributed by atoms with Crippen LogP contribution in [0.4, 0.5) is 11.4 Å². The summed E-state index contributed by atoms with van der Waals surface area (Å²) in [4.78, 5) is 19.6. The van der Waals surface area contributed by atoms with E-state index in [0.29, 0.717) is 34.3 Å². The molecule has 2 heterocycles. The van der Waals surface area contributed by atoms with Crippen molar-refractivity contribution < 1.29 is 13.2 Å². The van der Waals surface area contributed by atoms with Crippen LogP contribution in [0.25, 0.3) is 0 Å². The lowest BCUT2D eigenvalue weighted by Crippen LogP contribution is -2.35. The van der Waals surface area contributed by atoms with Gasteiger partial charge in [-0.25, -0.2) is 8.42 Å². The number of piperidine rings is 1. The Morgan fingerprint density at radius 1 is 1.10 bits per heavy atom. The highest BCUT2D eigenvalue weighted by molar-refractivity contribution is 7.92. The Morgan fingerprint density at radius 2 is 1.77 bits per heavy atom. The Bertz CT molecular complexity index is 1420. The van der Waals surface area contributed by atoms with Gasteiger partial charge in [0.2, 0.25) is 5.91 Å². The number of para-hydroxylation sites is 1. The molecule has 1 amide bonds. The van der Waals surface area contributed by atoms with Gasteiger partial charge in [-0.1, -0.05) is 36.7 Å². The summed E-state index contributed by atoms with van der Waals surface area (Å²) in [6.45, 7) is 8.18. The predicted octanol–water partition coefficient (Wildman–Crippen LogP) is 6.09.